The third-order valence-corrected chi connectivity index (χ3v) is 1.60. The highest BCUT2D eigenvalue weighted by Crippen LogP contribution is 2.09. The molecule has 0 aromatic heterocycles. The van der Waals surface area contributed by atoms with E-state index in [1.54, 1.807) is 6.08 Å². The lowest BCUT2D eigenvalue weighted by atomic mass is 10.8. The van der Waals surface area contributed by atoms with Gasteiger partial charge in [-0.3, -0.25) is 0 Å². The molecule has 0 amide bonds. The molecule has 0 saturated heterocycles. The first kappa shape index (κ1) is 7.40. The summed E-state index contributed by atoms with van der Waals surface area (Å²) in [5, 5.41) is 0. The zero-order valence-corrected chi connectivity index (χ0v) is 5.85. The van der Waals surface area contributed by atoms with Crippen molar-refractivity contribution in [3.8, 4) is 0 Å². The summed E-state index contributed by atoms with van der Waals surface area (Å²) in [5.41, 5.74) is 0. The minimum Gasteiger partial charge on any atom is -0.247 e. The maximum absolute atomic E-state index is 4.84. The molecule has 0 bridgehead atoms. The smallest absolute Gasteiger partial charge is 0.0388 e. The SMILES string of the molecule is C=CCSOSC. The Morgan fingerprint density at radius 3 is 3.00 bits per heavy atom. The molecule has 0 unspecified atom stereocenters. The van der Waals surface area contributed by atoms with E-state index in [1.165, 1.54) is 24.1 Å². The van der Waals surface area contributed by atoms with Crippen molar-refractivity contribution in [3.63, 3.8) is 0 Å². The first-order valence-corrected chi connectivity index (χ1v) is 3.91. The van der Waals surface area contributed by atoms with Crippen LogP contribution in [0.4, 0.5) is 0 Å². The van der Waals surface area contributed by atoms with Gasteiger partial charge >= 0.3 is 0 Å². The van der Waals surface area contributed by atoms with E-state index in [9.17, 15) is 0 Å². The van der Waals surface area contributed by atoms with Gasteiger partial charge in [-0.05, 0) is 0 Å². The van der Waals surface area contributed by atoms with Crippen LogP contribution in [0.1, 0.15) is 0 Å². The Balaban J connectivity index is 2.56. The van der Waals surface area contributed by atoms with Gasteiger partial charge in [0.1, 0.15) is 0 Å². The van der Waals surface area contributed by atoms with Crippen molar-refractivity contribution in [2.75, 3.05) is 12.0 Å². The zero-order chi connectivity index (χ0) is 5.54. The molecule has 0 aliphatic carbocycles. The van der Waals surface area contributed by atoms with Gasteiger partial charge in [0, 0.05) is 36.1 Å². The fraction of sp³-hybridized carbons (Fsp3) is 0.500. The van der Waals surface area contributed by atoms with Gasteiger partial charge in [-0.25, -0.2) is 3.63 Å². The lowest BCUT2D eigenvalue weighted by Gasteiger charge is -1.88. The van der Waals surface area contributed by atoms with E-state index >= 15 is 0 Å². The van der Waals surface area contributed by atoms with Crippen molar-refractivity contribution in [3.05, 3.63) is 12.7 Å². The molecule has 0 heterocycles. The van der Waals surface area contributed by atoms with Gasteiger partial charge in [-0.1, -0.05) is 6.08 Å². The average Bonchev–Trinajstić information content (AvgIpc) is 1.69. The van der Waals surface area contributed by atoms with Crippen LogP contribution in [0.25, 0.3) is 0 Å². The Hall–Kier alpha value is 0.400. The maximum Gasteiger partial charge on any atom is 0.0388 e. The van der Waals surface area contributed by atoms with Crippen molar-refractivity contribution in [1.82, 2.24) is 0 Å². The molecular weight excluding hydrogens is 128 g/mol. The molecule has 0 aromatic rings. The average molecular weight is 136 g/mol. The molecule has 0 aromatic carbocycles. The summed E-state index contributed by atoms with van der Waals surface area (Å²) >= 11 is 2.75. The van der Waals surface area contributed by atoms with Crippen LogP contribution in [0, 0.1) is 0 Å². The highest BCUT2D eigenvalue weighted by atomic mass is 32.2. The van der Waals surface area contributed by atoms with Gasteiger partial charge in [0.2, 0.25) is 0 Å². The Bertz CT molecular complexity index is 47.0. The number of hydrogen-bond donors (Lipinski definition) is 0. The largest absolute Gasteiger partial charge is 0.247 e. The molecule has 0 fully saturated rings. The van der Waals surface area contributed by atoms with Crippen LogP contribution in [-0.2, 0) is 3.63 Å². The summed E-state index contributed by atoms with van der Waals surface area (Å²) in [6, 6.07) is 0. The predicted molar refractivity (Wildman–Crippen MR) is 37.3 cm³/mol. The standard InChI is InChI=1S/C4H8OS2/c1-3-4-7-5-6-2/h3H,1,4H2,2H3. The van der Waals surface area contributed by atoms with Gasteiger partial charge in [0.25, 0.3) is 0 Å². The van der Waals surface area contributed by atoms with Crippen LogP contribution in [0.3, 0.4) is 0 Å². The monoisotopic (exact) mass is 136 g/mol. The Labute approximate surface area is 52.9 Å². The van der Waals surface area contributed by atoms with Gasteiger partial charge in [0.15, 0.2) is 0 Å². The van der Waals surface area contributed by atoms with Gasteiger partial charge < -0.3 is 0 Å². The quantitative estimate of drug-likeness (QED) is 0.333. The fourth-order valence-electron chi connectivity index (χ4n) is 0.124. The molecule has 0 N–H and O–H groups in total. The predicted octanol–water partition coefficient (Wildman–Crippen LogP) is 2.12. The first-order valence-electron chi connectivity index (χ1n) is 1.85. The normalized spacial score (nSPS) is 8.71. The van der Waals surface area contributed by atoms with Crippen LogP contribution in [-0.4, -0.2) is 12.0 Å². The van der Waals surface area contributed by atoms with E-state index in [1.807, 2.05) is 6.26 Å². The lowest BCUT2D eigenvalue weighted by Crippen LogP contribution is -1.65. The van der Waals surface area contributed by atoms with Crippen LogP contribution in [0.15, 0.2) is 12.7 Å². The van der Waals surface area contributed by atoms with Gasteiger partial charge in [-0.15, -0.1) is 6.58 Å². The second-order valence-electron chi connectivity index (χ2n) is 0.808. The zero-order valence-electron chi connectivity index (χ0n) is 4.22. The van der Waals surface area contributed by atoms with Crippen LogP contribution in [0.2, 0.25) is 0 Å². The van der Waals surface area contributed by atoms with E-state index < -0.39 is 0 Å². The minimum atomic E-state index is 0.862. The third-order valence-electron chi connectivity index (χ3n) is 0.302. The number of rotatable bonds is 4. The molecular formula is C4H8OS2. The maximum atomic E-state index is 4.84. The fourth-order valence-corrected chi connectivity index (χ4v) is 0.827. The minimum absolute atomic E-state index is 0.862. The molecule has 42 valence electrons. The summed E-state index contributed by atoms with van der Waals surface area (Å²) in [6.07, 6.45) is 3.69. The summed E-state index contributed by atoms with van der Waals surface area (Å²) in [4.78, 5) is 0. The second kappa shape index (κ2) is 6.40. The Morgan fingerprint density at radius 1 is 1.86 bits per heavy atom. The molecule has 0 aliphatic rings. The third kappa shape index (κ3) is 6.40. The molecule has 0 atom stereocenters. The first-order chi connectivity index (χ1) is 3.41. The Morgan fingerprint density at radius 2 is 2.57 bits per heavy atom. The van der Waals surface area contributed by atoms with E-state index in [2.05, 4.69) is 6.58 Å². The molecule has 0 radical (unpaired) electrons. The molecule has 0 aliphatic heterocycles. The van der Waals surface area contributed by atoms with Crippen LogP contribution in [0.5, 0.6) is 0 Å². The van der Waals surface area contributed by atoms with Crippen LogP contribution < -0.4 is 0 Å². The summed E-state index contributed by atoms with van der Waals surface area (Å²) in [6.45, 7) is 3.52. The molecule has 1 nitrogen and oxygen atoms in total. The van der Waals surface area contributed by atoms with E-state index in [0.717, 1.165) is 5.75 Å². The summed E-state index contributed by atoms with van der Waals surface area (Å²) in [5.74, 6) is 0.862. The van der Waals surface area contributed by atoms with E-state index in [0.29, 0.717) is 0 Å². The lowest BCUT2D eigenvalue weighted by molar-refractivity contribution is 0.766. The van der Waals surface area contributed by atoms with Gasteiger partial charge in [0.05, 0.1) is 0 Å². The highest BCUT2D eigenvalue weighted by molar-refractivity contribution is 8.07. The molecule has 3 heteroatoms. The molecule has 0 saturated carbocycles. The molecule has 0 rings (SSSR count). The second-order valence-corrected chi connectivity index (χ2v) is 2.25. The van der Waals surface area contributed by atoms with E-state index in [-0.39, 0.29) is 0 Å². The van der Waals surface area contributed by atoms with Crippen molar-refractivity contribution in [1.29, 1.82) is 0 Å². The Kier molecular flexibility index (Phi) is 6.77. The van der Waals surface area contributed by atoms with Crippen molar-refractivity contribution >= 4 is 24.1 Å². The topological polar surface area (TPSA) is 9.23 Å². The van der Waals surface area contributed by atoms with Crippen LogP contribution >= 0.6 is 24.1 Å². The highest BCUT2D eigenvalue weighted by Gasteiger charge is 1.77. The summed E-state index contributed by atoms with van der Waals surface area (Å²) < 4.78 is 4.84. The van der Waals surface area contributed by atoms with Crippen molar-refractivity contribution in [2.45, 2.75) is 0 Å². The van der Waals surface area contributed by atoms with Crippen molar-refractivity contribution < 1.29 is 3.63 Å². The van der Waals surface area contributed by atoms with E-state index in [4.69, 9.17) is 3.63 Å². The van der Waals surface area contributed by atoms with Crippen molar-refractivity contribution in [2.24, 2.45) is 0 Å². The molecule has 0 spiro atoms. The van der Waals surface area contributed by atoms with Gasteiger partial charge in [-0.2, -0.15) is 0 Å². The number of hydrogen-bond acceptors (Lipinski definition) is 3. The molecule has 7 heavy (non-hydrogen) atoms. The summed E-state index contributed by atoms with van der Waals surface area (Å²) in [7, 11) is 0.